The Morgan fingerprint density at radius 3 is 2.74 bits per heavy atom. The molecule has 0 radical (unpaired) electrons. The first-order valence-electron chi connectivity index (χ1n) is 13.5. The van der Waals surface area contributed by atoms with E-state index in [4.69, 9.17) is 9.26 Å². The Bertz CT molecular complexity index is 1420. The second-order valence-corrected chi connectivity index (χ2v) is 10.8. The van der Waals surface area contributed by atoms with Gasteiger partial charge in [0, 0.05) is 67.1 Å². The molecule has 0 unspecified atom stereocenters. The lowest BCUT2D eigenvalue weighted by Crippen LogP contribution is -2.49. The molecule has 0 bridgehead atoms. The van der Waals surface area contributed by atoms with Crippen molar-refractivity contribution in [2.75, 3.05) is 39.8 Å². The number of aromatic amines is 1. The number of H-pyrrole nitrogens is 1. The number of aromatic nitrogens is 4. The number of aromatic hydroxyl groups is 1. The van der Waals surface area contributed by atoms with E-state index in [1.807, 2.05) is 36.2 Å². The van der Waals surface area contributed by atoms with Gasteiger partial charge in [-0.05, 0) is 42.4 Å². The van der Waals surface area contributed by atoms with Gasteiger partial charge >= 0.3 is 0 Å². The molecular formula is C29H36N6O4. The number of phenolic OH excluding ortho intramolecular Hbond substituents is 1. The summed E-state index contributed by atoms with van der Waals surface area (Å²) in [5.41, 5.74) is 3.02. The van der Waals surface area contributed by atoms with E-state index in [9.17, 15) is 9.90 Å². The molecule has 4 aromatic rings. The number of phenols is 1. The lowest BCUT2D eigenvalue weighted by Gasteiger charge is -2.39. The summed E-state index contributed by atoms with van der Waals surface area (Å²) in [7, 11) is 1.99. The number of nitrogens with zero attached hydrogens (tertiary/aromatic N) is 5. The number of carbonyl (C=O) groups excluding carboxylic acids is 1. The third-order valence-electron chi connectivity index (χ3n) is 7.64. The van der Waals surface area contributed by atoms with E-state index < -0.39 is 0 Å². The van der Waals surface area contributed by atoms with Gasteiger partial charge in [0.15, 0.2) is 5.65 Å². The van der Waals surface area contributed by atoms with Crippen molar-refractivity contribution in [1.29, 1.82) is 0 Å². The summed E-state index contributed by atoms with van der Waals surface area (Å²) < 4.78 is 11.1. The first-order chi connectivity index (χ1) is 18.8. The molecular weight excluding hydrogens is 496 g/mol. The summed E-state index contributed by atoms with van der Waals surface area (Å²) >= 11 is 0. The summed E-state index contributed by atoms with van der Waals surface area (Å²) in [5, 5.41) is 23.6. The van der Waals surface area contributed by atoms with Crippen molar-refractivity contribution in [3.8, 4) is 22.9 Å². The normalized spacial score (nSPS) is 14.8. The van der Waals surface area contributed by atoms with Gasteiger partial charge in [0.25, 0.3) is 5.88 Å². The van der Waals surface area contributed by atoms with Gasteiger partial charge in [-0.25, -0.2) is 0 Å². The van der Waals surface area contributed by atoms with Crippen LogP contribution in [-0.4, -0.2) is 81.0 Å². The Morgan fingerprint density at radius 2 is 1.97 bits per heavy atom. The number of nitrogens with one attached hydrogen (secondary N) is 1. The maximum absolute atomic E-state index is 12.7. The van der Waals surface area contributed by atoms with Gasteiger partial charge in [-0.15, -0.1) is 10.2 Å². The number of likely N-dealkylation sites (N-methyl/N-ethyl adjacent to an activating group) is 1. The van der Waals surface area contributed by atoms with Crippen molar-refractivity contribution in [1.82, 2.24) is 30.1 Å². The minimum atomic E-state index is 0.153. The number of likely N-dealkylation sites (tertiary alicyclic amines) is 1. The minimum absolute atomic E-state index is 0.153. The Balaban J connectivity index is 1.05. The van der Waals surface area contributed by atoms with Crippen LogP contribution >= 0.6 is 0 Å². The summed E-state index contributed by atoms with van der Waals surface area (Å²) in [5.74, 6) is 2.67. The van der Waals surface area contributed by atoms with Crippen LogP contribution in [0.3, 0.4) is 0 Å². The van der Waals surface area contributed by atoms with E-state index >= 15 is 0 Å². The SMILES string of the molecule is CC(C)[C@@H](C)c1cc(OCCN(C)CCC(=O)N2CC(c3cc4cc(-c5ccccc5O)nnc4[nH]3)C2)no1. The lowest BCUT2D eigenvalue weighted by molar-refractivity contribution is -0.136. The number of hydrogen-bond acceptors (Lipinski definition) is 8. The second kappa shape index (κ2) is 11.4. The number of para-hydroxylation sites is 1. The van der Waals surface area contributed by atoms with Gasteiger partial charge in [-0.3, -0.25) is 4.79 Å². The molecule has 5 rings (SSSR count). The predicted molar refractivity (Wildman–Crippen MR) is 148 cm³/mol. The van der Waals surface area contributed by atoms with Gasteiger partial charge in [0.05, 0.1) is 5.69 Å². The van der Waals surface area contributed by atoms with Gasteiger partial charge in [0.1, 0.15) is 18.1 Å². The first kappa shape index (κ1) is 26.7. The molecule has 206 valence electrons. The molecule has 10 nitrogen and oxygen atoms in total. The number of benzene rings is 1. The number of carbonyl (C=O) groups is 1. The molecule has 1 aliphatic heterocycles. The standard InChI is InChI=1S/C29H36N6O4/c1-18(2)19(3)26-15-27(33-39-26)38-12-11-34(4)10-9-28(37)35-16-21(17-35)23-13-20-14-24(31-32-29(20)30-23)22-7-5-6-8-25(22)36/h5-8,13-15,18-19,21,36H,9-12,16-17H2,1-4H3,(H,30,32)/t19-/m1/s1. The fourth-order valence-electron chi connectivity index (χ4n) is 4.62. The number of amides is 1. The van der Waals surface area contributed by atoms with Crippen LogP contribution in [-0.2, 0) is 4.79 Å². The van der Waals surface area contributed by atoms with Gasteiger partial charge in [-0.2, -0.15) is 0 Å². The molecule has 1 saturated heterocycles. The topological polar surface area (TPSA) is 121 Å². The number of rotatable bonds is 11. The average Bonchev–Trinajstić information content (AvgIpc) is 3.53. The molecule has 0 aliphatic carbocycles. The quantitative estimate of drug-likeness (QED) is 0.292. The Morgan fingerprint density at radius 1 is 1.18 bits per heavy atom. The van der Waals surface area contributed by atoms with E-state index in [2.05, 4.69) is 52.1 Å². The molecule has 1 fully saturated rings. The van der Waals surface area contributed by atoms with E-state index in [-0.39, 0.29) is 23.5 Å². The highest BCUT2D eigenvalue weighted by Gasteiger charge is 2.32. The second-order valence-electron chi connectivity index (χ2n) is 10.8. The van der Waals surface area contributed by atoms with Crippen LogP contribution in [0.1, 0.15) is 50.5 Å². The zero-order valence-electron chi connectivity index (χ0n) is 22.9. The number of hydrogen-bond donors (Lipinski definition) is 2. The molecule has 4 heterocycles. The Labute approximate surface area is 228 Å². The van der Waals surface area contributed by atoms with Crippen molar-refractivity contribution < 1.29 is 19.2 Å². The summed E-state index contributed by atoms with van der Waals surface area (Å²) in [6, 6.07) is 12.9. The maximum atomic E-state index is 12.7. The van der Waals surface area contributed by atoms with Gasteiger partial charge < -0.3 is 29.2 Å². The highest BCUT2D eigenvalue weighted by molar-refractivity contribution is 5.82. The van der Waals surface area contributed by atoms with Crippen LogP contribution in [0.25, 0.3) is 22.3 Å². The van der Waals surface area contributed by atoms with Crippen molar-refractivity contribution in [3.05, 3.63) is 53.9 Å². The van der Waals surface area contributed by atoms with Crippen LogP contribution in [0, 0.1) is 5.92 Å². The summed E-state index contributed by atoms with van der Waals surface area (Å²) in [4.78, 5) is 20.0. The van der Waals surface area contributed by atoms with Crippen LogP contribution in [0.2, 0.25) is 0 Å². The molecule has 2 N–H and O–H groups in total. The van der Waals surface area contributed by atoms with E-state index in [1.54, 1.807) is 12.1 Å². The monoisotopic (exact) mass is 532 g/mol. The van der Waals surface area contributed by atoms with Crippen molar-refractivity contribution in [2.45, 2.75) is 39.0 Å². The average molecular weight is 533 g/mol. The Kier molecular flexibility index (Phi) is 7.83. The van der Waals surface area contributed by atoms with E-state index in [0.29, 0.717) is 67.9 Å². The molecule has 1 atom stereocenters. The molecule has 39 heavy (non-hydrogen) atoms. The molecule has 1 amide bonds. The van der Waals surface area contributed by atoms with Crippen LogP contribution in [0.5, 0.6) is 11.6 Å². The van der Waals surface area contributed by atoms with Crippen molar-refractivity contribution >= 4 is 16.9 Å². The van der Waals surface area contributed by atoms with Crippen LogP contribution in [0.4, 0.5) is 0 Å². The lowest BCUT2D eigenvalue weighted by atomic mass is 9.96. The van der Waals surface area contributed by atoms with Crippen LogP contribution in [0.15, 0.2) is 47.0 Å². The maximum Gasteiger partial charge on any atom is 0.254 e. The van der Waals surface area contributed by atoms with Gasteiger partial charge in [0.2, 0.25) is 5.91 Å². The minimum Gasteiger partial charge on any atom is -0.507 e. The van der Waals surface area contributed by atoms with Crippen molar-refractivity contribution in [2.24, 2.45) is 5.92 Å². The van der Waals surface area contributed by atoms with E-state index in [0.717, 1.165) is 16.8 Å². The molecule has 0 saturated carbocycles. The third kappa shape index (κ3) is 6.06. The Hall–Kier alpha value is -3.92. The largest absolute Gasteiger partial charge is 0.507 e. The summed E-state index contributed by atoms with van der Waals surface area (Å²) in [6.07, 6.45) is 0.464. The zero-order valence-corrected chi connectivity index (χ0v) is 22.9. The highest BCUT2D eigenvalue weighted by Crippen LogP contribution is 2.32. The molecule has 1 aromatic carbocycles. The van der Waals surface area contributed by atoms with Gasteiger partial charge in [-0.1, -0.05) is 32.9 Å². The molecule has 10 heteroatoms. The smallest absolute Gasteiger partial charge is 0.254 e. The molecule has 0 spiro atoms. The van der Waals surface area contributed by atoms with E-state index in [1.165, 1.54) is 0 Å². The van der Waals surface area contributed by atoms with Crippen molar-refractivity contribution in [3.63, 3.8) is 0 Å². The molecule has 1 aliphatic rings. The van der Waals surface area contributed by atoms with Crippen LogP contribution < -0.4 is 4.74 Å². The molecule has 3 aromatic heterocycles. The highest BCUT2D eigenvalue weighted by atomic mass is 16.5. The number of fused-ring (bicyclic) bond motifs is 1. The third-order valence-corrected chi connectivity index (χ3v) is 7.64. The first-order valence-corrected chi connectivity index (χ1v) is 13.5. The zero-order chi connectivity index (χ0) is 27.5. The number of ether oxygens (including phenoxy) is 1. The summed E-state index contributed by atoms with van der Waals surface area (Å²) in [6.45, 7) is 9.61. The fourth-order valence-corrected chi connectivity index (χ4v) is 4.62. The fraction of sp³-hybridized carbons (Fsp3) is 0.448. The predicted octanol–water partition coefficient (Wildman–Crippen LogP) is 4.40.